The lowest BCUT2D eigenvalue weighted by Crippen LogP contribution is -2.59. The van der Waals surface area contributed by atoms with Crippen LogP contribution >= 0.6 is 0 Å². The van der Waals surface area contributed by atoms with Gasteiger partial charge >= 0.3 is 11.9 Å². The molecular formula is C25H45N7O9. The second-order valence-electron chi connectivity index (χ2n) is 10.4. The van der Waals surface area contributed by atoms with Crippen LogP contribution in [-0.2, 0) is 33.6 Å². The molecule has 41 heavy (non-hydrogen) atoms. The van der Waals surface area contributed by atoms with Crippen molar-refractivity contribution in [2.24, 2.45) is 29.0 Å². The van der Waals surface area contributed by atoms with Crippen molar-refractivity contribution in [2.45, 2.75) is 96.4 Å². The van der Waals surface area contributed by atoms with E-state index in [1.54, 1.807) is 27.7 Å². The Bertz CT molecular complexity index is 942. The van der Waals surface area contributed by atoms with Crippen LogP contribution in [-0.4, -0.2) is 88.4 Å². The van der Waals surface area contributed by atoms with Crippen LogP contribution in [0.15, 0.2) is 0 Å². The van der Waals surface area contributed by atoms with E-state index in [1.807, 2.05) is 5.32 Å². The number of rotatable bonds is 20. The molecule has 0 fully saturated rings. The van der Waals surface area contributed by atoms with E-state index < -0.39 is 78.1 Å². The van der Waals surface area contributed by atoms with Gasteiger partial charge in [-0.2, -0.15) is 0 Å². The highest BCUT2D eigenvalue weighted by Crippen LogP contribution is 2.09. The molecule has 0 aliphatic carbocycles. The van der Waals surface area contributed by atoms with Gasteiger partial charge in [0.1, 0.15) is 24.2 Å². The number of carbonyl (C=O) groups is 7. The van der Waals surface area contributed by atoms with E-state index in [4.69, 9.17) is 22.3 Å². The van der Waals surface area contributed by atoms with Crippen LogP contribution in [0, 0.1) is 11.8 Å². The molecule has 0 saturated carbocycles. The van der Waals surface area contributed by atoms with Crippen molar-refractivity contribution in [3.8, 4) is 0 Å². The number of aliphatic carboxylic acids is 2. The first-order valence-corrected chi connectivity index (χ1v) is 13.4. The summed E-state index contributed by atoms with van der Waals surface area (Å²) in [7, 11) is 0. The molecule has 5 atom stereocenters. The second-order valence-corrected chi connectivity index (χ2v) is 10.4. The predicted octanol–water partition coefficient (Wildman–Crippen LogP) is -2.48. The summed E-state index contributed by atoms with van der Waals surface area (Å²) in [4.78, 5) is 85.5. The van der Waals surface area contributed by atoms with Crippen LogP contribution in [0.2, 0.25) is 0 Å². The van der Waals surface area contributed by atoms with Crippen molar-refractivity contribution < 1.29 is 43.8 Å². The molecule has 234 valence electrons. The topological polar surface area (TPSA) is 286 Å². The van der Waals surface area contributed by atoms with Gasteiger partial charge in [-0.3, -0.25) is 28.8 Å². The van der Waals surface area contributed by atoms with E-state index in [2.05, 4.69) is 16.0 Å². The van der Waals surface area contributed by atoms with Gasteiger partial charge in [0.2, 0.25) is 29.5 Å². The molecule has 0 aromatic heterocycles. The van der Waals surface area contributed by atoms with Gasteiger partial charge in [0.15, 0.2) is 0 Å². The largest absolute Gasteiger partial charge is 0.481 e. The number of nitrogens with one attached hydrogen (secondary N) is 4. The van der Waals surface area contributed by atoms with Crippen LogP contribution in [0.25, 0.3) is 0 Å². The summed E-state index contributed by atoms with van der Waals surface area (Å²) in [6.07, 6.45) is -0.611. The maximum Gasteiger partial charge on any atom is 0.326 e. The van der Waals surface area contributed by atoms with Crippen LogP contribution in [0.1, 0.15) is 66.2 Å². The molecule has 0 aromatic carbocycles. The number of hydrogen-bond acceptors (Lipinski definition) is 9. The van der Waals surface area contributed by atoms with E-state index in [-0.39, 0.29) is 31.1 Å². The zero-order valence-corrected chi connectivity index (χ0v) is 24.0. The number of carboxylic acids is 2. The molecule has 16 nitrogen and oxygen atoms in total. The Morgan fingerprint density at radius 2 is 1.20 bits per heavy atom. The maximum atomic E-state index is 13.3. The van der Waals surface area contributed by atoms with Crippen LogP contribution in [0.5, 0.6) is 0 Å². The molecule has 12 N–H and O–H groups in total. The summed E-state index contributed by atoms with van der Waals surface area (Å²) in [5.41, 5.74) is 16.6. The van der Waals surface area contributed by atoms with Crippen molar-refractivity contribution in [1.82, 2.24) is 21.3 Å². The van der Waals surface area contributed by atoms with E-state index in [0.717, 1.165) is 0 Å². The van der Waals surface area contributed by atoms with Crippen molar-refractivity contribution in [3.05, 3.63) is 0 Å². The molecule has 0 bridgehead atoms. The van der Waals surface area contributed by atoms with Gasteiger partial charge < -0.3 is 48.7 Å². The van der Waals surface area contributed by atoms with Crippen molar-refractivity contribution in [2.75, 3.05) is 6.54 Å². The van der Waals surface area contributed by atoms with Gasteiger partial charge in [-0.1, -0.05) is 27.7 Å². The third-order valence-electron chi connectivity index (χ3n) is 6.15. The Kier molecular flexibility index (Phi) is 16.8. The smallest absolute Gasteiger partial charge is 0.326 e. The summed E-state index contributed by atoms with van der Waals surface area (Å²) < 4.78 is 0. The quantitative estimate of drug-likeness (QED) is 0.0672. The highest BCUT2D eigenvalue weighted by molar-refractivity contribution is 5.96. The Morgan fingerprint density at radius 1 is 0.683 bits per heavy atom. The average molecular weight is 588 g/mol. The normalized spacial score (nSPS) is 14.7. The molecule has 0 aromatic rings. The average Bonchev–Trinajstić information content (AvgIpc) is 2.86. The van der Waals surface area contributed by atoms with Crippen molar-refractivity contribution in [1.29, 1.82) is 0 Å². The van der Waals surface area contributed by atoms with E-state index in [0.29, 0.717) is 19.4 Å². The molecule has 0 radical (unpaired) electrons. The molecular weight excluding hydrogens is 542 g/mol. The minimum Gasteiger partial charge on any atom is -0.481 e. The lowest BCUT2D eigenvalue weighted by molar-refractivity contribution is -0.147. The standard InChI is InChI=1S/C25H45N7O9/c1-12(2)19(28)23(38)32-20(13(3)4)24(39)30-14(7-5-6-10-26)21(36)29-15(8-9-17(27)33)22(37)31-16(25(40)41)11-18(34)35/h12-16,19-20H,5-11,26,28H2,1-4H3,(H2,27,33)(H,29,36)(H,30,39)(H,31,37)(H,32,38)(H,34,35)(H,40,41)/t14-,15-,16-,19-,20-/m0/s1. The van der Waals surface area contributed by atoms with Gasteiger partial charge in [0.05, 0.1) is 12.5 Å². The second kappa shape index (κ2) is 18.5. The van der Waals surface area contributed by atoms with E-state index in [9.17, 15) is 38.7 Å². The molecule has 0 spiro atoms. The fourth-order valence-corrected chi connectivity index (χ4v) is 3.59. The van der Waals surface area contributed by atoms with Crippen LogP contribution < -0.4 is 38.5 Å². The lowest BCUT2D eigenvalue weighted by Gasteiger charge is -2.28. The SMILES string of the molecule is CC(C)[C@H](N)C(=O)N[C@H](C(=O)N[C@@H](CCCCN)C(=O)N[C@@H](CCC(N)=O)C(=O)N[C@@H](CC(=O)O)C(=O)O)C(C)C. The molecule has 0 heterocycles. The van der Waals surface area contributed by atoms with Crippen molar-refractivity contribution >= 4 is 41.5 Å². The number of nitrogens with two attached hydrogens (primary N) is 3. The monoisotopic (exact) mass is 587 g/mol. The molecule has 0 aliphatic heterocycles. The third kappa shape index (κ3) is 14.4. The first-order chi connectivity index (χ1) is 19.0. The summed E-state index contributed by atoms with van der Waals surface area (Å²) in [6, 6.07) is -6.40. The summed E-state index contributed by atoms with van der Waals surface area (Å²) >= 11 is 0. The fourth-order valence-electron chi connectivity index (χ4n) is 3.59. The van der Waals surface area contributed by atoms with Gasteiger partial charge in [-0.05, 0) is 44.1 Å². The molecule has 0 rings (SSSR count). The molecule has 16 heteroatoms. The van der Waals surface area contributed by atoms with Crippen molar-refractivity contribution in [3.63, 3.8) is 0 Å². The number of carboxylic acid groups (broad SMARTS) is 2. The molecule has 0 saturated heterocycles. The van der Waals surface area contributed by atoms with E-state index >= 15 is 0 Å². The highest BCUT2D eigenvalue weighted by Gasteiger charge is 2.33. The zero-order chi connectivity index (χ0) is 31.9. The van der Waals surface area contributed by atoms with Crippen LogP contribution in [0.4, 0.5) is 0 Å². The molecule has 5 amide bonds. The number of primary amides is 1. The van der Waals surface area contributed by atoms with Gasteiger partial charge in [-0.15, -0.1) is 0 Å². The predicted molar refractivity (Wildman–Crippen MR) is 147 cm³/mol. The third-order valence-corrected chi connectivity index (χ3v) is 6.15. The Labute approximate surface area is 238 Å². The number of carbonyl (C=O) groups excluding carboxylic acids is 5. The number of amides is 5. The van der Waals surface area contributed by atoms with Gasteiger partial charge in [0.25, 0.3) is 0 Å². The Balaban J connectivity index is 5.92. The first-order valence-electron chi connectivity index (χ1n) is 13.4. The lowest BCUT2D eigenvalue weighted by atomic mass is 9.99. The molecule has 0 aliphatic rings. The highest BCUT2D eigenvalue weighted by atomic mass is 16.4. The molecule has 0 unspecified atom stereocenters. The number of hydrogen-bond donors (Lipinski definition) is 9. The maximum absolute atomic E-state index is 13.3. The summed E-state index contributed by atoms with van der Waals surface area (Å²) in [5.74, 6) is -7.61. The minimum absolute atomic E-state index is 0.0972. The van der Waals surface area contributed by atoms with Gasteiger partial charge in [0, 0.05) is 6.42 Å². The number of unbranched alkanes of at least 4 members (excludes halogenated alkanes) is 1. The Morgan fingerprint density at radius 3 is 1.63 bits per heavy atom. The minimum atomic E-state index is -1.80. The summed E-state index contributed by atoms with van der Waals surface area (Å²) in [6.45, 7) is 7.18. The first kappa shape index (κ1) is 37.2. The van der Waals surface area contributed by atoms with Gasteiger partial charge in [-0.25, -0.2) is 4.79 Å². The zero-order valence-electron chi connectivity index (χ0n) is 24.0. The van der Waals surface area contributed by atoms with E-state index in [1.165, 1.54) is 0 Å². The Hall–Kier alpha value is -3.79. The van der Waals surface area contributed by atoms with Crippen LogP contribution in [0.3, 0.4) is 0 Å². The summed E-state index contributed by atoms with van der Waals surface area (Å²) in [5, 5.41) is 27.8. The fraction of sp³-hybridized carbons (Fsp3) is 0.720.